The Morgan fingerprint density at radius 3 is 2.50 bits per heavy atom. The molecule has 0 bridgehead atoms. The lowest BCUT2D eigenvalue weighted by Crippen LogP contribution is -2.43. The van der Waals surface area contributed by atoms with Crippen molar-refractivity contribution in [1.29, 1.82) is 0 Å². The standard InChI is InChI=1S/C13H26N4O2S/c1-6-8-13(4,5)17-20(18,19)12-10(3)15-16-11(12)9-14-7-2/h14,17H,6-9H2,1-5H3,(H,15,16). The Labute approximate surface area is 121 Å². The molecule has 1 aromatic rings. The Bertz CT molecular complexity index is 535. The molecule has 0 spiro atoms. The van der Waals surface area contributed by atoms with Gasteiger partial charge in [-0.3, -0.25) is 5.10 Å². The van der Waals surface area contributed by atoms with Crippen LogP contribution in [0.25, 0.3) is 0 Å². The maximum absolute atomic E-state index is 12.6. The van der Waals surface area contributed by atoms with Crippen molar-refractivity contribution in [2.75, 3.05) is 6.54 Å². The lowest BCUT2D eigenvalue weighted by atomic mass is 10.0. The first-order chi connectivity index (χ1) is 9.23. The molecule has 0 saturated carbocycles. The fraction of sp³-hybridized carbons (Fsp3) is 0.769. The molecule has 0 fully saturated rings. The zero-order chi connectivity index (χ0) is 15.4. The van der Waals surface area contributed by atoms with E-state index in [4.69, 9.17) is 0 Å². The van der Waals surface area contributed by atoms with E-state index in [1.54, 1.807) is 6.92 Å². The van der Waals surface area contributed by atoms with Crippen molar-refractivity contribution in [2.24, 2.45) is 0 Å². The first-order valence-corrected chi connectivity index (χ1v) is 8.50. The minimum absolute atomic E-state index is 0.266. The Hall–Kier alpha value is -0.920. The first-order valence-electron chi connectivity index (χ1n) is 7.02. The fourth-order valence-electron chi connectivity index (χ4n) is 2.28. The Kier molecular flexibility index (Phi) is 5.73. The summed E-state index contributed by atoms with van der Waals surface area (Å²) in [5.41, 5.74) is 0.633. The molecule has 0 aliphatic carbocycles. The highest BCUT2D eigenvalue weighted by atomic mass is 32.2. The number of aryl methyl sites for hydroxylation is 1. The van der Waals surface area contributed by atoms with Crippen LogP contribution in [0.2, 0.25) is 0 Å². The first kappa shape index (κ1) is 17.1. The Morgan fingerprint density at radius 1 is 1.30 bits per heavy atom. The van der Waals surface area contributed by atoms with Gasteiger partial charge in [0.15, 0.2) is 0 Å². The molecule has 0 aliphatic heterocycles. The summed E-state index contributed by atoms with van der Waals surface area (Å²) in [6.07, 6.45) is 1.70. The number of hydrogen-bond donors (Lipinski definition) is 3. The SMILES string of the molecule is CCCC(C)(C)NS(=O)(=O)c1c(CNCC)n[nH]c1C. The summed E-state index contributed by atoms with van der Waals surface area (Å²) in [4.78, 5) is 0.266. The van der Waals surface area contributed by atoms with Crippen molar-refractivity contribution in [1.82, 2.24) is 20.2 Å². The molecule has 7 heteroatoms. The van der Waals surface area contributed by atoms with Gasteiger partial charge in [0, 0.05) is 12.1 Å². The third-order valence-electron chi connectivity index (χ3n) is 3.06. The second-order valence-corrected chi connectivity index (χ2v) is 7.26. The van der Waals surface area contributed by atoms with E-state index in [1.807, 2.05) is 27.7 Å². The highest BCUT2D eigenvalue weighted by Gasteiger charge is 2.30. The van der Waals surface area contributed by atoms with Gasteiger partial charge in [0.05, 0.1) is 11.4 Å². The molecular formula is C13H26N4O2S. The predicted octanol–water partition coefficient (Wildman–Crippen LogP) is 1.68. The van der Waals surface area contributed by atoms with E-state index in [0.717, 1.165) is 19.4 Å². The van der Waals surface area contributed by atoms with Gasteiger partial charge in [0.2, 0.25) is 10.0 Å². The molecule has 1 heterocycles. The maximum atomic E-state index is 12.6. The van der Waals surface area contributed by atoms with Gasteiger partial charge < -0.3 is 5.32 Å². The van der Waals surface area contributed by atoms with Crippen LogP contribution < -0.4 is 10.0 Å². The summed E-state index contributed by atoms with van der Waals surface area (Å²) in [7, 11) is -3.57. The van der Waals surface area contributed by atoms with Gasteiger partial charge in [0.25, 0.3) is 0 Å². The van der Waals surface area contributed by atoms with Crippen LogP contribution in [0.1, 0.15) is 51.9 Å². The van der Waals surface area contributed by atoms with Crippen molar-refractivity contribution >= 4 is 10.0 Å². The Balaban J connectivity index is 3.06. The summed E-state index contributed by atoms with van der Waals surface area (Å²) in [6.45, 7) is 10.7. The lowest BCUT2D eigenvalue weighted by Gasteiger charge is -2.25. The average molecular weight is 302 g/mol. The molecule has 20 heavy (non-hydrogen) atoms. The minimum Gasteiger partial charge on any atom is -0.311 e. The summed E-state index contributed by atoms with van der Waals surface area (Å²) in [5.74, 6) is 0. The third-order valence-corrected chi connectivity index (χ3v) is 4.96. The maximum Gasteiger partial charge on any atom is 0.244 e. The predicted molar refractivity (Wildman–Crippen MR) is 80.0 cm³/mol. The molecule has 0 aromatic carbocycles. The number of nitrogens with one attached hydrogen (secondary N) is 3. The van der Waals surface area contributed by atoms with Crippen molar-refractivity contribution in [3.8, 4) is 0 Å². The van der Waals surface area contributed by atoms with Crippen LogP contribution in [0.3, 0.4) is 0 Å². The molecule has 0 unspecified atom stereocenters. The van der Waals surface area contributed by atoms with Crippen molar-refractivity contribution in [3.63, 3.8) is 0 Å². The molecule has 0 amide bonds. The molecule has 0 aliphatic rings. The molecule has 0 radical (unpaired) electrons. The Morgan fingerprint density at radius 2 is 1.95 bits per heavy atom. The molecule has 3 N–H and O–H groups in total. The van der Waals surface area contributed by atoms with Gasteiger partial charge in [-0.25, -0.2) is 13.1 Å². The zero-order valence-corrected chi connectivity index (χ0v) is 13.8. The fourth-order valence-corrected chi connectivity index (χ4v) is 4.09. The smallest absolute Gasteiger partial charge is 0.244 e. The number of aromatic amines is 1. The highest BCUT2D eigenvalue weighted by Crippen LogP contribution is 2.21. The quantitative estimate of drug-likeness (QED) is 0.682. The molecule has 116 valence electrons. The summed E-state index contributed by atoms with van der Waals surface area (Å²) in [5, 5.41) is 9.95. The van der Waals surface area contributed by atoms with Gasteiger partial charge in [0.1, 0.15) is 4.90 Å². The van der Waals surface area contributed by atoms with Gasteiger partial charge in [-0.2, -0.15) is 5.10 Å². The van der Waals surface area contributed by atoms with E-state index in [2.05, 4.69) is 20.2 Å². The van der Waals surface area contributed by atoms with Crippen molar-refractivity contribution < 1.29 is 8.42 Å². The number of rotatable bonds is 8. The zero-order valence-electron chi connectivity index (χ0n) is 13.0. The van der Waals surface area contributed by atoms with E-state index >= 15 is 0 Å². The van der Waals surface area contributed by atoms with Crippen molar-refractivity contribution in [3.05, 3.63) is 11.4 Å². The monoisotopic (exact) mass is 302 g/mol. The summed E-state index contributed by atoms with van der Waals surface area (Å²) < 4.78 is 28.0. The number of nitrogens with zero attached hydrogens (tertiary/aromatic N) is 1. The van der Waals surface area contributed by atoms with Gasteiger partial charge in [-0.1, -0.05) is 20.3 Å². The topological polar surface area (TPSA) is 86.9 Å². The third kappa shape index (κ3) is 4.29. The number of hydrogen-bond acceptors (Lipinski definition) is 4. The van der Waals surface area contributed by atoms with Gasteiger partial charge >= 0.3 is 0 Å². The van der Waals surface area contributed by atoms with Crippen LogP contribution in [0, 0.1) is 6.92 Å². The van der Waals surface area contributed by atoms with Crippen LogP contribution in [0.4, 0.5) is 0 Å². The van der Waals surface area contributed by atoms with E-state index in [9.17, 15) is 8.42 Å². The second-order valence-electron chi connectivity index (χ2n) is 5.64. The van der Waals surface area contributed by atoms with E-state index in [-0.39, 0.29) is 4.90 Å². The van der Waals surface area contributed by atoms with Crippen LogP contribution in [0.5, 0.6) is 0 Å². The minimum atomic E-state index is -3.57. The summed E-state index contributed by atoms with van der Waals surface area (Å²) in [6, 6.07) is 0. The van der Waals surface area contributed by atoms with Crippen LogP contribution >= 0.6 is 0 Å². The van der Waals surface area contributed by atoms with Gasteiger partial charge in [-0.15, -0.1) is 0 Å². The van der Waals surface area contributed by atoms with Crippen LogP contribution in [-0.4, -0.2) is 30.7 Å². The van der Waals surface area contributed by atoms with Crippen molar-refractivity contribution in [2.45, 2.75) is 64.4 Å². The molecular weight excluding hydrogens is 276 g/mol. The molecule has 0 atom stereocenters. The van der Waals surface area contributed by atoms with E-state index < -0.39 is 15.6 Å². The van der Waals surface area contributed by atoms with Crippen LogP contribution in [0.15, 0.2) is 4.90 Å². The number of sulfonamides is 1. The normalized spacial score (nSPS) is 12.8. The van der Waals surface area contributed by atoms with E-state index in [0.29, 0.717) is 17.9 Å². The molecule has 1 rings (SSSR count). The molecule has 0 saturated heterocycles. The van der Waals surface area contributed by atoms with Crippen LogP contribution in [-0.2, 0) is 16.6 Å². The number of aromatic nitrogens is 2. The van der Waals surface area contributed by atoms with E-state index in [1.165, 1.54) is 0 Å². The number of H-pyrrole nitrogens is 1. The second kappa shape index (κ2) is 6.69. The molecule has 1 aromatic heterocycles. The highest BCUT2D eigenvalue weighted by molar-refractivity contribution is 7.89. The average Bonchev–Trinajstić information content (AvgIpc) is 2.66. The summed E-state index contributed by atoms with van der Waals surface area (Å²) >= 11 is 0. The molecule has 6 nitrogen and oxygen atoms in total. The largest absolute Gasteiger partial charge is 0.311 e. The van der Waals surface area contributed by atoms with Gasteiger partial charge in [-0.05, 0) is 33.7 Å². The lowest BCUT2D eigenvalue weighted by molar-refractivity contribution is 0.417.